The maximum Gasteiger partial charge on any atom is 0.311 e. The number of hydrogen-bond donors (Lipinski definition) is 2. The standard InChI is InChI=1S/C22H20ClF2NO4/c1-4-10(2)17(22(29)30)18-11(3)26(15-7-8-16(27)20(25)19(15)18)21(28)12-5-6-13(23)14(24)9-12/h5-10,17,27H,4H2,1-3H3,(H,29,30)/t10?,17-/m1/s1. The van der Waals surface area contributed by atoms with Gasteiger partial charge in [0.15, 0.2) is 11.6 Å². The Kier molecular flexibility index (Phi) is 5.85. The van der Waals surface area contributed by atoms with Crippen molar-refractivity contribution in [3.63, 3.8) is 0 Å². The fraction of sp³-hybridized carbons (Fsp3) is 0.273. The van der Waals surface area contributed by atoms with Crippen molar-refractivity contribution in [2.45, 2.75) is 33.1 Å². The first-order valence-corrected chi connectivity index (χ1v) is 9.72. The summed E-state index contributed by atoms with van der Waals surface area (Å²) in [6, 6.07) is 5.96. The summed E-state index contributed by atoms with van der Waals surface area (Å²) < 4.78 is 30.0. The van der Waals surface area contributed by atoms with Crippen molar-refractivity contribution in [3.8, 4) is 5.75 Å². The van der Waals surface area contributed by atoms with Crippen LogP contribution in [0.15, 0.2) is 30.3 Å². The Morgan fingerprint density at radius 2 is 1.87 bits per heavy atom. The maximum atomic E-state index is 15.0. The van der Waals surface area contributed by atoms with Gasteiger partial charge < -0.3 is 10.2 Å². The minimum atomic E-state index is -1.17. The molecule has 1 aromatic heterocycles. The zero-order valence-electron chi connectivity index (χ0n) is 16.5. The number of aromatic hydroxyl groups is 1. The number of carboxylic acid groups (broad SMARTS) is 1. The highest BCUT2D eigenvalue weighted by Gasteiger charge is 2.34. The predicted molar refractivity (Wildman–Crippen MR) is 109 cm³/mol. The average Bonchev–Trinajstić information content (AvgIpc) is 2.98. The van der Waals surface area contributed by atoms with E-state index in [1.165, 1.54) is 25.1 Å². The lowest BCUT2D eigenvalue weighted by Gasteiger charge is -2.20. The molecule has 0 aliphatic heterocycles. The van der Waals surface area contributed by atoms with E-state index in [-0.39, 0.29) is 38.7 Å². The van der Waals surface area contributed by atoms with Crippen LogP contribution in [0.4, 0.5) is 8.78 Å². The van der Waals surface area contributed by atoms with E-state index in [1.807, 2.05) is 6.92 Å². The van der Waals surface area contributed by atoms with Crippen molar-refractivity contribution in [2.24, 2.45) is 5.92 Å². The summed E-state index contributed by atoms with van der Waals surface area (Å²) >= 11 is 5.69. The van der Waals surface area contributed by atoms with Gasteiger partial charge >= 0.3 is 5.97 Å². The van der Waals surface area contributed by atoms with Gasteiger partial charge in [-0.2, -0.15) is 0 Å². The highest BCUT2D eigenvalue weighted by atomic mass is 35.5. The minimum Gasteiger partial charge on any atom is -0.505 e. The molecule has 2 atom stereocenters. The molecule has 0 radical (unpaired) electrons. The molecule has 3 aromatic rings. The number of nitrogens with zero attached hydrogens (tertiary/aromatic N) is 1. The predicted octanol–water partition coefficient (Wildman–Crippen LogP) is 5.49. The molecule has 0 aliphatic rings. The van der Waals surface area contributed by atoms with E-state index >= 15 is 0 Å². The Morgan fingerprint density at radius 3 is 2.43 bits per heavy atom. The minimum absolute atomic E-state index is 0.0349. The van der Waals surface area contributed by atoms with Crippen molar-refractivity contribution in [1.29, 1.82) is 0 Å². The zero-order chi connectivity index (χ0) is 22.3. The lowest BCUT2D eigenvalue weighted by molar-refractivity contribution is -0.140. The summed E-state index contributed by atoms with van der Waals surface area (Å²) in [5, 5.41) is 19.5. The highest BCUT2D eigenvalue weighted by molar-refractivity contribution is 6.30. The van der Waals surface area contributed by atoms with E-state index < -0.39 is 35.2 Å². The van der Waals surface area contributed by atoms with Gasteiger partial charge in [0.25, 0.3) is 5.91 Å². The number of halogens is 3. The van der Waals surface area contributed by atoms with Crippen LogP contribution in [0.1, 0.15) is 47.8 Å². The van der Waals surface area contributed by atoms with Crippen molar-refractivity contribution in [3.05, 3.63) is 63.8 Å². The topological polar surface area (TPSA) is 79.5 Å². The van der Waals surface area contributed by atoms with E-state index in [0.29, 0.717) is 6.42 Å². The fourth-order valence-corrected chi connectivity index (χ4v) is 3.88. The molecule has 8 heteroatoms. The second-order valence-corrected chi connectivity index (χ2v) is 7.67. The molecule has 2 N–H and O–H groups in total. The number of hydrogen-bond acceptors (Lipinski definition) is 3. The molecule has 0 bridgehead atoms. The van der Waals surface area contributed by atoms with Crippen LogP contribution in [-0.2, 0) is 4.79 Å². The molecule has 5 nitrogen and oxygen atoms in total. The van der Waals surface area contributed by atoms with Crippen LogP contribution in [0.25, 0.3) is 10.9 Å². The van der Waals surface area contributed by atoms with Gasteiger partial charge in [0.1, 0.15) is 5.82 Å². The normalized spacial score (nSPS) is 13.4. The molecule has 0 aliphatic carbocycles. The quantitative estimate of drug-likeness (QED) is 0.555. The number of aliphatic carboxylic acids is 1. The Hall–Kier alpha value is -2.93. The highest BCUT2D eigenvalue weighted by Crippen LogP contribution is 2.40. The molecule has 30 heavy (non-hydrogen) atoms. The number of aromatic nitrogens is 1. The molecule has 158 valence electrons. The molecule has 0 saturated carbocycles. The van der Waals surface area contributed by atoms with Crippen molar-refractivity contribution < 1.29 is 28.6 Å². The molecule has 1 unspecified atom stereocenters. The first kappa shape index (κ1) is 21.8. The molecular weight excluding hydrogens is 416 g/mol. The smallest absolute Gasteiger partial charge is 0.311 e. The monoisotopic (exact) mass is 435 g/mol. The average molecular weight is 436 g/mol. The molecule has 0 amide bonds. The molecule has 0 fully saturated rings. The fourth-order valence-electron chi connectivity index (χ4n) is 3.77. The largest absolute Gasteiger partial charge is 0.505 e. The first-order valence-electron chi connectivity index (χ1n) is 9.35. The first-order chi connectivity index (χ1) is 14.1. The molecule has 0 saturated heterocycles. The number of carboxylic acids is 1. The molecule has 2 aromatic carbocycles. The van der Waals surface area contributed by atoms with Gasteiger partial charge in [-0.15, -0.1) is 0 Å². The van der Waals surface area contributed by atoms with Crippen LogP contribution in [0.5, 0.6) is 5.75 Å². The van der Waals surface area contributed by atoms with E-state index in [1.54, 1.807) is 6.92 Å². The van der Waals surface area contributed by atoms with Gasteiger partial charge in [-0.05, 0) is 48.7 Å². The number of carbonyl (C=O) groups is 2. The van der Waals surface area contributed by atoms with E-state index in [4.69, 9.17) is 11.6 Å². The third-order valence-electron chi connectivity index (χ3n) is 5.49. The Bertz CT molecular complexity index is 1170. The summed E-state index contributed by atoms with van der Waals surface area (Å²) in [5.41, 5.74) is 0.380. The number of carbonyl (C=O) groups excluding carboxylic acids is 1. The van der Waals surface area contributed by atoms with Crippen LogP contribution in [0.3, 0.4) is 0 Å². The second kappa shape index (κ2) is 8.07. The van der Waals surface area contributed by atoms with Gasteiger partial charge in [0.2, 0.25) is 0 Å². The molecule has 1 heterocycles. The summed E-state index contributed by atoms with van der Waals surface area (Å²) in [6.07, 6.45) is 0.500. The lowest BCUT2D eigenvalue weighted by atomic mass is 9.84. The van der Waals surface area contributed by atoms with Crippen molar-refractivity contribution in [2.75, 3.05) is 0 Å². The van der Waals surface area contributed by atoms with Gasteiger partial charge in [-0.3, -0.25) is 14.2 Å². The summed E-state index contributed by atoms with van der Waals surface area (Å²) in [7, 11) is 0. The summed E-state index contributed by atoms with van der Waals surface area (Å²) in [4.78, 5) is 25.3. The molecular formula is C22H20ClF2NO4. The van der Waals surface area contributed by atoms with E-state index in [9.17, 15) is 28.6 Å². The Labute approximate surface area is 176 Å². The number of phenolic OH excluding ortho intramolecular Hbond substituents is 1. The van der Waals surface area contributed by atoms with Gasteiger partial charge in [0.05, 0.1) is 16.5 Å². The SMILES string of the molecule is CCC(C)[C@@H](C(=O)O)c1c(C)n(C(=O)c2ccc(Cl)c(F)c2)c2ccc(O)c(F)c12. The number of rotatable bonds is 5. The zero-order valence-corrected chi connectivity index (χ0v) is 17.3. The lowest BCUT2D eigenvalue weighted by Crippen LogP contribution is -2.21. The second-order valence-electron chi connectivity index (χ2n) is 7.26. The van der Waals surface area contributed by atoms with E-state index in [2.05, 4.69) is 0 Å². The van der Waals surface area contributed by atoms with Crippen LogP contribution >= 0.6 is 11.6 Å². The molecule has 3 rings (SSSR count). The van der Waals surface area contributed by atoms with Crippen LogP contribution in [-0.4, -0.2) is 26.7 Å². The van der Waals surface area contributed by atoms with Crippen LogP contribution in [0, 0.1) is 24.5 Å². The molecule has 0 spiro atoms. The van der Waals surface area contributed by atoms with E-state index in [0.717, 1.165) is 16.7 Å². The summed E-state index contributed by atoms with van der Waals surface area (Å²) in [6.45, 7) is 5.04. The van der Waals surface area contributed by atoms with Crippen LogP contribution < -0.4 is 0 Å². The van der Waals surface area contributed by atoms with Crippen LogP contribution in [0.2, 0.25) is 5.02 Å². The number of fused-ring (bicyclic) bond motifs is 1. The Morgan fingerprint density at radius 1 is 1.20 bits per heavy atom. The maximum absolute atomic E-state index is 15.0. The van der Waals surface area contributed by atoms with Crippen molar-refractivity contribution in [1.82, 2.24) is 4.57 Å². The van der Waals surface area contributed by atoms with Crippen molar-refractivity contribution >= 4 is 34.4 Å². The van der Waals surface area contributed by atoms with Gasteiger partial charge in [-0.25, -0.2) is 8.78 Å². The summed E-state index contributed by atoms with van der Waals surface area (Å²) in [5.74, 6) is -5.76. The third kappa shape index (κ3) is 3.43. The number of benzene rings is 2. The number of phenols is 1. The Balaban J connectivity index is 2.38. The van der Waals surface area contributed by atoms with Gasteiger partial charge in [0, 0.05) is 16.6 Å². The third-order valence-corrected chi connectivity index (χ3v) is 5.80. The van der Waals surface area contributed by atoms with Gasteiger partial charge in [-0.1, -0.05) is 31.9 Å².